The van der Waals surface area contributed by atoms with Crippen LogP contribution in [0.25, 0.3) is 0 Å². The molecule has 0 saturated carbocycles. The van der Waals surface area contributed by atoms with Gasteiger partial charge < -0.3 is 15.2 Å². The maximum absolute atomic E-state index is 12.1. The van der Waals surface area contributed by atoms with Crippen LogP contribution in [0, 0.1) is 5.41 Å². The van der Waals surface area contributed by atoms with Gasteiger partial charge in [-0.25, -0.2) is 0 Å². The maximum Gasteiger partial charge on any atom is 0.315 e. The van der Waals surface area contributed by atoms with Gasteiger partial charge in [0.2, 0.25) is 0 Å². The van der Waals surface area contributed by atoms with E-state index >= 15 is 0 Å². The van der Waals surface area contributed by atoms with Gasteiger partial charge in [0.1, 0.15) is 11.0 Å². The number of esters is 1. The normalized spacial score (nSPS) is 32.9. The number of hydrogen-bond acceptors (Lipinski definition) is 5. The predicted molar refractivity (Wildman–Crippen MR) is 63.4 cm³/mol. The van der Waals surface area contributed by atoms with Gasteiger partial charge in [0.05, 0.1) is 6.61 Å². The van der Waals surface area contributed by atoms with Gasteiger partial charge in [-0.1, -0.05) is 0 Å². The second kappa shape index (κ2) is 4.55. The molecule has 1 atom stereocenters. The number of carbonyl (C=O) groups excluding carboxylic acids is 1. The molecule has 92 valence electrons. The van der Waals surface area contributed by atoms with E-state index in [1.807, 2.05) is 6.92 Å². The van der Waals surface area contributed by atoms with Gasteiger partial charge in [0, 0.05) is 18.8 Å². The van der Waals surface area contributed by atoms with Gasteiger partial charge >= 0.3 is 5.97 Å². The van der Waals surface area contributed by atoms with Crippen molar-refractivity contribution in [3.8, 4) is 0 Å². The average molecular weight is 245 g/mol. The molecular formula is C11H19NO3S. The molecule has 2 aliphatic rings. The van der Waals surface area contributed by atoms with Crippen LogP contribution in [-0.4, -0.2) is 47.9 Å². The molecule has 0 radical (unpaired) electrons. The maximum atomic E-state index is 12.1. The Morgan fingerprint density at radius 3 is 2.75 bits per heavy atom. The summed E-state index contributed by atoms with van der Waals surface area (Å²) in [5, 5.41) is 13.6. The van der Waals surface area contributed by atoms with E-state index in [0.717, 1.165) is 18.6 Å². The summed E-state index contributed by atoms with van der Waals surface area (Å²) in [4.78, 5) is 12.1. The Balaban J connectivity index is 2.20. The standard InChI is InChI=1S/C11H19NO3S/c1-2-15-9(13)10(4-3-5-16-8-10)11(14)6-12-7-11/h12,14H,2-8H2,1H3. The highest BCUT2D eigenvalue weighted by Gasteiger charge is 2.59. The van der Waals surface area contributed by atoms with Crippen LogP contribution >= 0.6 is 11.8 Å². The van der Waals surface area contributed by atoms with E-state index in [2.05, 4.69) is 5.32 Å². The molecule has 2 rings (SSSR count). The number of rotatable bonds is 3. The van der Waals surface area contributed by atoms with Gasteiger partial charge in [0.15, 0.2) is 0 Å². The smallest absolute Gasteiger partial charge is 0.315 e. The van der Waals surface area contributed by atoms with Crippen molar-refractivity contribution < 1.29 is 14.6 Å². The molecule has 0 aromatic rings. The van der Waals surface area contributed by atoms with Crippen LogP contribution in [0.3, 0.4) is 0 Å². The number of β-amino-alcohol motifs (C(OH)–C–C–N with tert-alkyl or cyclic N) is 1. The van der Waals surface area contributed by atoms with E-state index in [0.29, 0.717) is 25.4 Å². The molecule has 0 aromatic carbocycles. The van der Waals surface area contributed by atoms with Gasteiger partial charge in [-0.15, -0.1) is 0 Å². The van der Waals surface area contributed by atoms with Crippen molar-refractivity contribution in [1.29, 1.82) is 0 Å². The number of aliphatic hydroxyl groups is 1. The fourth-order valence-corrected chi connectivity index (χ4v) is 3.85. The predicted octanol–water partition coefficient (Wildman–Crippen LogP) is 0.397. The Morgan fingerprint density at radius 2 is 2.31 bits per heavy atom. The molecule has 1 unspecified atom stereocenters. The molecule has 2 aliphatic heterocycles. The molecule has 0 bridgehead atoms. The van der Waals surface area contributed by atoms with Gasteiger partial charge in [-0.05, 0) is 25.5 Å². The van der Waals surface area contributed by atoms with Gasteiger partial charge in [-0.3, -0.25) is 4.79 Å². The van der Waals surface area contributed by atoms with E-state index in [4.69, 9.17) is 4.74 Å². The van der Waals surface area contributed by atoms with E-state index in [9.17, 15) is 9.90 Å². The minimum absolute atomic E-state index is 0.216. The summed E-state index contributed by atoms with van der Waals surface area (Å²) in [6, 6.07) is 0. The summed E-state index contributed by atoms with van der Waals surface area (Å²) in [6.07, 6.45) is 1.73. The van der Waals surface area contributed by atoms with Crippen molar-refractivity contribution in [3.05, 3.63) is 0 Å². The molecule has 0 aliphatic carbocycles. The third kappa shape index (κ3) is 1.75. The van der Waals surface area contributed by atoms with Crippen molar-refractivity contribution in [2.45, 2.75) is 25.4 Å². The van der Waals surface area contributed by atoms with Crippen molar-refractivity contribution in [1.82, 2.24) is 5.32 Å². The minimum atomic E-state index is -0.896. The highest BCUT2D eigenvalue weighted by atomic mass is 32.2. The first-order valence-corrected chi connectivity index (χ1v) is 6.98. The Morgan fingerprint density at radius 1 is 1.56 bits per heavy atom. The number of nitrogens with one attached hydrogen (secondary N) is 1. The zero-order valence-electron chi connectivity index (χ0n) is 9.62. The number of carbonyl (C=O) groups is 1. The molecule has 5 heteroatoms. The lowest BCUT2D eigenvalue weighted by Crippen LogP contribution is -2.72. The summed E-state index contributed by atoms with van der Waals surface area (Å²) in [5.74, 6) is 1.54. The Kier molecular flexibility index (Phi) is 3.47. The summed E-state index contributed by atoms with van der Waals surface area (Å²) >= 11 is 1.74. The van der Waals surface area contributed by atoms with Gasteiger partial charge in [0.25, 0.3) is 0 Å². The van der Waals surface area contributed by atoms with Crippen molar-refractivity contribution in [2.75, 3.05) is 31.2 Å². The second-order valence-electron chi connectivity index (χ2n) is 4.59. The Bertz CT molecular complexity index is 272. The van der Waals surface area contributed by atoms with Crippen LogP contribution in [0.1, 0.15) is 19.8 Å². The average Bonchev–Trinajstić information content (AvgIpc) is 2.27. The third-order valence-electron chi connectivity index (χ3n) is 3.63. The first-order chi connectivity index (χ1) is 7.65. The SMILES string of the molecule is CCOC(=O)C1(C2(O)CNC2)CCCSC1. The van der Waals surface area contributed by atoms with Crippen LogP contribution in [0.2, 0.25) is 0 Å². The summed E-state index contributed by atoms with van der Waals surface area (Å²) in [5.41, 5.74) is -1.58. The lowest BCUT2D eigenvalue weighted by atomic mass is 9.66. The molecule has 2 saturated heterocycles. The van der Waals surface area contributed by atoms with Crippen LogP contribution in [0.4, 0.5) is 0 Å². The lowest BCUT2D eigenvalue weighted by Gasteiger charge is -2.52. The zero-order chi connectivity index (χ0) is 11.6. The molecule has 16 heavy (non-hydrogen) atoms. The largest absolute Gasteiger partial charge is 0.465 e. The minimum Gasteiger partial charge on any atom is -0.465 e. The Labute approximate surface area is 100 Å². The molecule has 2 fully saturated rings. The zero-order valence-corrected chi connectivity index (χ0v) is 10.4. The monoisotopic (exact) mass is 245 g/mol. The second-order valence-corrected chi connectivity index (χ2v) is 5.70. The summed E-state index contributed by atoms with van der Waals surface area (Å²) < 4.78 is 5.17. The fourth-order valence-electron chi connectivity index (χ4n) is 2.48. The molecule has 2 N–H and O–H groups in total. The van der Waals surface area contributed by atoms with Crippen LogP contribution in [-0.2, 0) is 9.53 Å². The fraction of sp³-hybridized carbons (Fsp3) is 0.909. The third-order valence-corrected chi connectivity index (χ3v) is 4.91. The molecule has 4 nitrogen and oxygen atoms in total. The van der Waals surface area contributed by atoms with Crippen LogP contribution < -0.4 is 5.32 Å². The van der Waals surface area contributed by atoms with E-state index in [1.54, 1.807) is 11.8 Å². The molecular weight excluding hydrogens is 226 g/mol. The van der Waals surface area contributed by atoms with Crippen molar-refractivity contribution in [2.24, 2.45) is 5.41 Å². The lowest BCUT2D eigenvalue weighted by molar-refractivity contribution is -0.181. The van der Waals surface area contributed by atoms with Crippen molar-refractivity contribution in [3.63, 3.8) is 0 Å². The van der Waals surface area contributed by atoms with Gasteiger partial charge in [-0.2, -0.15) is 11.8 Å². The summed E-state index contributed by atoms with van der Waals surface area (Å²) in [7, 11) is 0. The first kappa shape index (κ1) is 12.2. The van der Waals surface area contributed by atoms with E-state index in [-0.39, 0.29) is 5.97 Å². The highest BCUT2D eigenvalue weighted by molar-refractivity contribution is 7.99. The van der Waals surface area contributed by atoms with Crippen LogP contribution in [0.5, 0.6) is 0 Å². The quantitative estimate of drug-likeness (QED) is 0.705. The van der Waals surface area contributed by atoms with Crippen LogP contribution in [0.15, 0.2) is 0 Å². The number of thioether (sulfide) groups is 1. The number of hydrogen-bond donors (Lipinski definition) is 2. The first-order valence-electron chi connectivity index (χ1n) is 5.83. The van der Waals surface area contributed by atoms with E-state index in [1.165, 1.54) is 0 Å². The number of ether oxygens (including phenoxy) is 1. The summed E-state index contributed by atoms with van der Waals surface area (Å²) in [6.45, 7) is 3.21. The van der Waals surface area contributed by atoms with E-state index < -0.39 is 11.0 Å². The molecule has 0 aromatic heterocycles. The molecule has 2 heterocycles. The van der Waals surface area contributed by atoms with Crippen molar-refractivity contribution >= 4 is 17.7 Å². The Hall–Kier alpha value is -0.260. The highest BCUT2D eigenvalue weighted by Crippen LogP contribution is 2.46. The topological polar surface area (TPSA) is 58.6 Å². The molecule has 0 amide bonds. The molecule has 0 spiro atoms.